The molecule has 1 atom stereocenters. The van der Waals surface area contributed by atoms with Crippen LogP contribution in [-0.2, 0) is 4.74 Å². The van der Waals surface area contributed by atoms with Gasteiger partial charge >= 0.3 is 6.03 Å². The maximum absolute atomic E-state index is 12.3. The molecule has 1 aromatic heterocycles. The molecule has 3 rings (SSSR count). The predicted molar refractivity (Wildman–Crippen MR) is 87.2 cm³/mol. The zero-order valence-corrected chi connectivity index (χ0v) is 13.9. The van der Waals surface area contributed by atoms with Gasteiger partial charge in [-0.3, -0.25) is 4.90 Å². The van der Waals surface area contributed by atoms with Gasteiger partial charge in [-0.1, -0.05) is 6.92 Å². The van der Waals surface area contributed by atoms with E-state index >= 15 is 0 Å². The predicted octanol–water partition coefficient (Wildman–Crippen LogP) is 2.09. The van der Waals surface area contributed by atoms with E-state index in [1.807, 2.05) is 17.0 Å². The fourth-order valence-electron chi connectivity index (χ4n) is 3.29. The molecule has 0 spiro atoms. The first kappa shape index (κ1) is 16.3. The summed E-state index contributed by atoms with van der Waals surface area (Å²) in [6.07, 6.45) is 4.11. The molecule has 6 heteroatoms. The molecule has 1 N–H and O–H groups in total. The molecular formula is C17H27N3O3. The molecule has 2 amide bonds. The van der Waals surface area contributed by atoms with Crippen LogP contribution in [0.25, 0.3) is 0 Å². The van der Waals surface area contributed by atoms with Crippen molar-refractivity contribution in [1.29, 1.82) is 0 Å². The molecule has 2 fully saturated rings. The van der Waals surface area contributed by atoms with E-state index in [4.69, 9.17) is 9.15 Å². The number of nitrogens with one attached hydrogen (secondary N) is 1. The summed E-state index contributed by atoms with van der Waals surface area (Å²) in [5, 5.41) is 3.08. The van der Waals surface area contributed by atoms with Crippen LogP contribution in [0.1, 0.15) is 31.6 Å². The van der Waals surface area contributed by atoms with Gasteiger partial charge in [-0.05, 0) is 44.0 Å². The minimum absolute atomic E-state index is 0.00441. The van der Waals surface area contributed by atoms with Crippen LogP contribution < -0.4 is 5.32 Å². The Morgan fingerprint density at radius 2 is 2.04 bits per heavy atom. The molecule has 0 saturated carbocycles. The van der Waals surface area contributed by atoms with Gasteiger partial charge < -0.3 is 19.4 Å². The molecule has 0 bridgehead atoms. The van der Waals surface area contributed by atoms with E-state index in [0.29, 0.717) is 32.8 Å². The lowest BCUT2D eigenvalue weighted by atomic mass is 9.97. The number of hydrogen-bond donors (Lipinski definition) is 1. The first-order chi connectivity index (χ1) is 11.2. The van der Waals surface area contributed by atoms with Crippen LogP contribution >= 0.6 is 0 Å². The van der Waals surface area contributed by atoms with Crippen molar-refractivity contribution in [2.24, 2.45) is 5.92 Å². The lowest BCUT2D eigenvalue weighted by molar-refractivity contribution is 0.0520. The lowest BCUT2D eigenvalue weighted by Crippen LogP contribution is -2.49. The number of ether oxygens (including phenoxy) is 1. The summed E-state index contributed by atoms with van der Waals surface area (Å²) in [7, 11) is 0. The highest BCUT2D eigenvalue weighted by Gasteiger charge is 2.27. The summed E-state index contributed by atoms with van der Waals surface area (Å²) in [6, 6.07) is 4.03. The van der Waals surface area contributed by atoms with Gasteiger partial charge in [0, 0.05) is 19.6 Å². The van der Waals surface area contributed by atoms with E-state index in [1.54, 1.807) is 6.26 Å². The van der Waals surface area contributed by atoms with Crippen LogP contribution in [0.15, 0.2) is 22.8 Å². The fraction of sp³-hybridized carbons (Fsp3) is 0.706. The fourth-order valence-corrected chi connectivity index (χ4v) is 3.29. The van der Waals surface area contributed by atoms with Crippen LogP contribution in [0, 0.1) is 5.92 Å². The summed E-state index contributed by atoms with van der Waals surface area (Å²) in [4.78, 5) is 16.6. The average molecular weight is 321 g/mol. The van der Waals surface area contributed by atoms with Gasteiger partial charge in [0.25, 0.3) is 0 Å². The number of piperidine rings is 1. The maximum atomic E-state index is 12.3. The molecule has 0 radical (unpaired) electrons. The van der Waals surface area contributed by atoms with E-state index in [0.717, 1.165) is 24.8 Å². The SMILES string of the molecule is CC1CCN(C(CNC(=O)N2CCOCC2)c2ccco2)CC1. The zero-order chi connectivity index (χ0) is 16.1. The maximum Gasteiger partial charge on any atom is 0.317 e. The highest BCUT2D eigenvalue weighted by atomic mass is 16.5. The second-order valence-corrected chi connectivity index (χ2v) is 6.54. The third-order valence-corrected chi connectivity index (χ3v) is 4.88. The third-order valence-electron chi connectivity index (χ3n) is 4.88. The number of carbonyl (C=O) groups excluding carboxylic acids is 1. The summed E-state index contributed by atoms with van der Waals surface area (Å²) < 4.78 is 10.9. The number of carbonyl (C=O) groups is 1. The summed E-state index contributed by atoms with van der Waals surface area (Å²) >= 11 is 0. The van der Waals surface area contributed by atoms with Crippen molar-refractivity contribution in [2.75, 3.05) is 45.9 Å². The lowest BCUT2D eigenvalue weighted by Gasteiger charge is -2.36. The molecule has 0 aromatic carbocycles. The van der Waals surface area contributed by atoms with E-state index in [2.05, 4.69) is 17.1 Å². The van der Waals surface area contributed by atoms with Gasteiger partial charge in [0.15, 0.2) is 0 Å². The number of hydrogen-bond acceptors (Lipinski definition) is 4. The second-order valence-electron chi connectivity index (χ2n) is 6.54. The van der Waals surface area contributed by atoms with Gasteiger partial charge in [-0.25, -0.2) is 4.79 Å². The highest BCUT2D eigenvalue weighted by molar-refractivity contribution is 5.74. The van der Waals surface area contributed by atoms with Crippen LogP contribution in [0.3, 0.4) is 0 Å². The van der Waals surface area contributed by atoms with E-state index in [1.165, 1.54) is 12.8 Å². The molecule has 6 nitrogen and oxygen atoms in total. The normalized spacial score (nSPS) is 22.0. The van der Waals surface area contributed by atoms with E-state index in [9.17, 15) is 4.79 Å². The number of likely N-dealkylation sites (tertiary alicyclic amines) is 1. The summed E-state index contributed by atoms with van der Waals surface area (Å²) in [6.45, 7) is 7.58. The van der Waals surface area contributed by atoms with Gasteiger partial charge in [0.2, 0.25) is 0 Å². The van der Waals surface area contributed by atoms with Gasteiger partial charge in [-0.2, -0.15) is 0 Å². The van der Waals surface area contributed by atoms with Crippen molar-refractivity contribution in [1.82, 2.24) is 15.1 Å². The highest BCUT2D eigenvalue weighted by Crippen LogP contribution is 2.26. The molecule has 128 valence electrons. The molecule has 2 aliphatic heterocycles. The number of rotatable bonds is 4. The van der Waals surface area contributed by atoms with Gasteiger partial charge in [-0.15, -0.1) is 0 Å². The van der Waals surface area contributed by atoms with Crippen LogP contribution in [-0.4, -0.2) is 61.8 Å². The first-order valence-corrected chi connectivity index (χ1v) is 8.62. The standard InChI is InChI=1S/C17H27N3O3/c1-14-4-6-19(7-5-14)15(16-3-2-10-23-16)13-18-17(21)20-8-11-22-12-9-20/h2-3,10,14-15H,4-9,11-13H2,1H3,(H,18,21). The Hall–Kier alpha value is -1.53. The molecular weight excluding hydrogens is 294 g/mol. The van der Waals surface area contributed by atoms with Crippen molar-refractivity contribution in [3.8, 4) is 0 Å². The Morgan fingerprint density at radius 1 is 1.30 bits per heavy atom. The Labute approximate surface area is 137 Å². The molecule has 1 aromatic rings. The van der Waals surface area contributed by atoms with Crippen molar-refractivity contribution in [2.45, 2.75) is 25.8 Å². The van der Waals surface area contributed by atoms with Crippen LogP contribution in [0.5, 0.6) is 0 Å². The molecule has 2 aliphatic rings. The van der Waals surface area contributed by atoms with E-state index < -0.39 is 0 Å². The zero-order valence-electron chi connectivity index (χ0n) is 13.9. The molecule has 3 heterocycles. The number of urea groups is 1. The van der Waals surface area contributed by atoms with Crippen LogP contribution in [0.2, 0.25) is 0 Å². The van der Waals surface area contributed by atoms with Crippen molar-refractivity contribution < 1.29 is 13.9 Å². The van der Waals surface area contributed by atoms with Gasteiger partial charge in [0.05, 0.1) is 25.5 Å². The smallest absolute Gasteiger partial charge is 0.317 e. The quantitative estimate of drug-likeness (QED) is 0.922. The third kappa shape index (κ3) is 4.26. The second kappa shape index (κ2) is 7.84. The number of nitrogens with zero attached hydrogens (tertiary/aromatic N) is 2. The average Bonchev–Trinajstić information content (AvgIpc) is 3.11. The molecule has 1 unspecified atom stereocenters. The van der Waals surface area contributed by atoms with Crippen molar-refractivity contribution in [3.63, 3.8) is 0 Å². The number of furan rings is 1. The monoisotopic (exact) mass is 321 g/mol. The first-order valence-electron chi connectivity index (χ1n) is 8.62. The summed E-state index contributed by atoms with van der Waals surface area (Å²) in [5.41, 5.74) is 0. The Morgan fingerprint density at radius 3 is 2.70 bits per heavy atom. The topological polar surface area (TPSA) is 58.0 Å². The number of morpholine rings is 1. The molecule has 0 aliphatic carbocycles. The molecule has 2 saturated heterocycles. The minimum Gasteiger partial charge on any atom is -0.468 e. The Balaban J connectivity index is 1.59. The van der Waals surface area contributed by atoms with Crippen molar-refractivity contribution in [3.05, 3.63) is 24.2 Å². The van der Waals surface area contributed by atoms with Gasteiger partial charge in [0.1, 0.15) is 5.76 Å². The minimum atomic E-state index is -0.00441. The largest absolute Gasteiger partial charge is 0.468 e. The van der Waals surface area contributed by atoms with Crippen LogP contribution in [0.4, 0.5) is 4.79 Å². The Kier molecular flexibility index (Phi) is 5.56. The summed E-state index contributed by atoms with van der Waals surface area (Å²) in [5.74, 6) is 1.72. The van der Waals surface area contributed by atoms with E-state index in [-0.39, 0.29) is 12.1 Å². The van der Waals surface area contributed by atoms with Crippen molar-refractivity contribution >= 4 is 6.03 Å². The number of amides is 2. The molecule has 23 heavy (non-hydrogen) atoms. The Bertz CT molecular complexity index is 477.